The van der Waals surface area contributed by atoms with Crippen molar-refractivity contribution in [3.05, 3.63) is 40.7 Å². The van der Waals surface area contributed by atoms with Crippen LogP contribution < -0.4 is 0 Å². The molecule has 0 aliphatic heterocycles. The number of allylic oxidation sites excluding steroid dienone is 1. The SMILES string of the molecule is Cc1ccc(F)c(/C=C(\C=O)C(C)C)c1. The second-order valence-corrected chi connectivity index (χ2v) is 3.94. The Bertz CT molecular complexity index is 392. The fraction of sp³-hybridized carbons (Fsp3) is 0.308. The van der Waals surface area contributed by atoms with Crippen molar-refractivity contribution in [3.63, 3.8) is 0 Å². The molecular formula is C13H15FO. The number of rotatable bonds is 3. The topological polar surface area (TPSA) is 17.1 Å². The number of halogens is 1. The summed E-state index contributed by atoms with van der Waals surface area (Å²) in [7, 11) is 0. The molecule has 0 amide bonds. The highest BCUT2D eigenvalue weighted by Gasteiger charge is 2.04. The lowest BCUT2D eigenvalue weighted by atomic mass is 10.0. The maximum Gasteiger partial charge on any atom is 0.146 e. The van der Waals surface area contributed by atoms with Gasteiger partial charge in [-0.3, -0.25) is 4.79 Å². The van der Waals surface area contributed by atoms with Gasteiger partial charge in [0.25, 0.3) is 0 Å². The normalized spacial score (nSPS) is 11.9. The molecule has 0 heterocycles. The molecule has 0 spiro atoms. The van der Waals surface area contributed by atoms with E-state index >= 15 is 0 Å². The predicted molar refractivity (Wildman–Crippen MR) is 60.0 cm³/mol. The lowest BCUT2D eigenvalue weighted by Gasteiger charge is -2.05. The number of hydrogen-bond donors (Lipinski definition) is 0. The van der Waals surface area contributed by atoms with E-state index < -0.39 is 0 Å². The van der Waals surface area contributed by atoms with Gasteiger partial charge in [-0.15, -0.1) is 0 Å². The second-order valence-electron chi connectivity index (χ2n) is 3.94. The number of hydrogen-bond acceptors (Lipinski definition) is 1. The quantitative estimate of drug-likeness (QED) is 0.547. The molecule has 0 fully saturated rings. The molecule has 0 aromatic heterocycles. The summed E-state index contributed by atoms with van der Waals surface area (Å²) in [5.41, 5.74) is 2.07. The van der Waals surface area contributed by atoms with Crippen LogP contribution in [0.3, 0.4) is 0 Å². The molecule has 0 bridgehead atoms. The van der Waals surface area contributed by atoms with Gasteiger partial charge in [-0.2, -0.15) is 0 Å². The third-order valence-corrected chi connectivity index (χ3v) is 2.28. The van der Waals surface area contributed by atoms with Gasteiger partial charge >= 0.3 is 0 Å². The zero-order chi connectivity index (χ0) is 11.4. The van der Waals surface area contributed by atoms with E-state index in [2.05, 4.69) is 0 Å². The molecule has 0 N–H and O–H groups in total. The monoisotopic (exact) mass is 206 g/mol. The largest absolute Gasteiger partial charge is 0.298 e. The summed E-state index contributed by atoms with van der Waals surface area (Å²) in [5, 5.41) is 0. The van der Waals surface area contributed by atoms with Gasteiger partial charge in [0.1, 0.15) is 12.1 Å². The average molecular weight is 206 g/mol. The molecule has 0 unspecified atom stereocenters. The van der Waals surface area contributed by atoms with Crippen molar-refractivity contribution < 1.29 is 9.18 Å². The van der Waals surface area contributed by atoms with E-state index in [0.29, 0.717) is 11.1 Å². The summed E-state index contributed by atoms with van der Waals surface area (Å²) in [4.78, 5) is 10.8. The average Bonchev–Trinajstić information content (AvgIpc) is 2.18. The molecule has 15 heavy (non-hydrogen) atoms. The lowest BCUT2D eigenvalue weighted by Crippen LogP contribution is -1.96. The third kappa shape index (κ3) is 3.01. The summed E-state index contributed by atoms with van der Waals surface area (Å²) in [5.74, 6) is -0.178. The fourth-order valence-corrected chi connectivity index (χ4v) is 1.29. The maximum atomic E-state index is 13.4. The van der Waals surface area contributed by atoms with E-state index in [-0.39, 0.29) is 11.7 Å². The molecule has 0 aliphatic carbocycles. The molecule has 0 saturated carbocycles. The minimum atomic E-state index is -0.291. The smallest absolute Gasteiger partial charge is 0.146 e. The van der Waals surface area contributed by atoms with Crippen molar-refractivity contribution in [2.45, 2.75) is 20.8 Å². The van der Waals surface area contributed by atoms with Crippen LogP contribution in [-0.2, 0) is 4.79 Å². The molecule has 0 atom stereocenters. The summed E-state index contributed by atoms with van der Waals surface area (Å²) >= 11 is 0. The Hall–Kier alpha value is -1.44. The Labute approximate surface area is 89.6 Å². The Balaban J connectivity index is 3.16. The minimum absolute atomic E-state index is 0.113. The molecule has 0 radical (unpaired) electrons. The van der Waals surface area contributed by atoms with Crippen molar-refractivity contribution in [3.8, 4) is 0 Å². The minimum Gasteiger partial charge on any atom is -0.298 e. The van der Waals surface area contributed by atoms with Crippen molar-refractivity contribution in [2.75, 3.05) is 0 Å². The highest BCUT2D eigenvalue weighted by atomic mass is 19.1. The lowest BCUT2D eigenvalue weighted by molar-refractivity contribution is -0.105. The molecule has 2 heteroatoms. The summed E-state index contributed by atoms with van der Waals surface area (Å²) in [6, 6.07) is 4.87. The van der Waals surface area contributed by atoms with Gasteiger partial charge in [0.15, 0.2) is 0 Å². The number of aryl methyl sites for hydroxylation is 1. The van der Waals surface area contributed by atoms with Crippen LogP contribution in [0.5, 0.6) is 0 Å². The van der Waals surface area contributed by atoms with Gasteiger partial charge < -0.3 is 0 Å². The van der Waals surface area contributed by atoms with Gasteiger partial charge in [-0.05, 0) is 36.6 Å². The molecular weight excluding hydrogens is 191 g/mol. The highest BCUT2D eigenvalue weighted by molar-refractivity contribution is 5.82. The van der Waals surface area contributed by atoms with Crippen LogP contribution in [0, 0.1) is 18.7 Å². The van der Waals surface area contributed by atoms with Crippen LogP contribution in [-0.4, -0.2) is 6.29 Å². The molecule has 1 aromatic carbocycles. The number of carbonyl (C=O) groups excluding carboxylic acids is 1. The highest BCUT2D eigenvalue weighted by Crippen LogP contribution is 2.16. The van der Waals surface area contributed by atoms with Gasteiger partial charge in [0.05, 0.1) is 0 Å². The van der Waals surface area contributed by atoms with Crippen molar-refractivity contribution >= 4 is 12.4 Å². The summed E-state index contributed by atoms with van der Waals surface area (Å²) < 4.78 is 13.4. The zero-order valence-electron chi connectivity index (χ0n) is 9.25. The Morgan fingerprint density at radius 2 is 2.07 bits per heavy atom. The number of benzene rings is 1. The van der Waals surface area contributed by atoms with E-state index in [9.17, 15) is 9.18 Å². The van der Waals surface area contributed by atoms with Crippen LogP contribution in [0.4, 0.5) is 4.39 Å². The maximum absolute atomic E-state index is 13.4. The Morgan fingerprint density at radius 1 is 1.40 bits per heavy atom. The fourth-order valence-electron chi connectivity index (χ4n) is 1.29. The molecule has 1 rings (SSSR count). The first-order valence-corrected chi connectivity index (χ1v) is 4.97. The van der Waals surface area contributed by atoms with Crippen molar-refractivity contribution in [2.24, 2.45) is 5.92 Å². The number of aldehydes is 1. The van der Waals surface area contributed by atoms with Crippen LogP contribution in [0.2, 0.25) is 0 Å². The van der Waals surface area contributed by atoms with Gasteiger partial charge in [0, 0.05) is 5.56 Å². The first kappa shape index (κ1) is 11.6. The molecule has 1 nitrogen and oxygen atoms in total. The second kappa shape index (κ2) is 4.87. The van der Waals surface area contributed by atoms with E-state index in [1.54, 1.807) is 18.2 Å². The Kier molecular flexibility index (Phi) is 3.78. The van der Waals surface area contributed by atoms with Crippen LogP contribution in [0.1, 0.15) is 25.0 Å². The summed E-state index contributed by atoms with van der Waals surface area (Å²) in [6.07, 6.45) is 2.40. The number of carbonyl (C=O) groups is 1. The van der Waals surface area contributed by atoms with Crippen LogP contribution in [0.15, 0.2) is 23.8 Å². The Morgan fingerprint density at radius 3 is 2.60 bits per heavy atom. The van der Waals surface area contributed by atoms with Crippen LogP contribution >= 0.6 is 0 Å². The molecule has 0 saturated heterocycles. The standard InChI is InChI=1S/C13H15FO/c1-9(2)12(8-15)7-11-6-10(3)4-5-13(11)14/h4-9H,1-3H3/b12-7+. The van der Waals surface area contributed by atoms with Crippen molar-refractivity contribution in [1.29, 1.82) is 0 Å². The molecule has 1 aromatic rings. The van der Waals surface area contributed by atoms with E-state index in [0.717, 1.165) is 11.8 Å². The molecule has 0 aliphatic rings. The first-order chi connectivity index (χ1) is 7.04. The summed E-state index contributed by atoms with van der Waals surface area (Å²) in [6.45, 7) is 5.72. The predicted octanol–water partition coefficient (Wildman–Crippen LogP) is 3.37. The molecule has 80 valence electrons. The zero-order valence-corrected chi connectivity index (χ0v) is 9.25. The third-order valence-electron chi connectivity index (χ3n) is 2.28. The van der Waals surface area contributed by atoms with Gasteiger partial charge in [0.2, 0.25) is 0 Å². The van der Waals surface area contributed by atoms with Gasteiger partial charge in [-0.25, -0.2) is 4.39 Å². The van der Waals surface area contributed by atoms with Crippen LogP contribution in [0.25, 0.3) is 6.08 Å². The van der Waals surface area contributed by atoms with E-state index in [1.807, 2.05) is 20.8 Å². The van der Waals surface area contributed by atoms with E-state index in [4.69, 9.17) is 0 Å². The van der Waals surface area contributed by atoms with Crippen molar-refractivity contribution in [1.82, 2.24) is 0 Å². The van der Waals surface area contributed by atoms with Gasteiger partial charge in [-0.1, -0.05) is 25.5 Å². The van der Waals surface area contributed by atoms with E-state index in [1.165, 1.54) is 6.07 Å². The first-order valence-electron chi connectivity index (χ1n) is 4.97.